The first-order valence-electron chi connectivity index (χ1n) is 15.3. The summed E-state index contributed by atoms with van der Waals surface area (Å²) in [6.07, 6.45) is 0. The summed E-state index contributed by atoms with van der Waals surface area (Å²) in [5.41, 5.74) is 4.38. The third-order valence-electron chi connectivity index (χ3n) is 8.91. The Morgan fingerprint density at radius 1 is 0.435 bits per heavy atom. The van der Waals surface area contributed by atoms with E-state index in [-0.39, 0.29) is 0 Å². The molecule has 5 heteroatoms. The largest absolute Gasteiger partial charge is 0.455 e. The minimum Gasteiger partial charge on any atom is -0.455 e. The molecular weight excluding hydrogens is 583 g/mol. The predicted molar refractivity (Wildman–Crippen MR) is 191 cm³/mol. The molecule has 214 valence electrons. The zero-order chi connectivity index (χ0) is 30.2. The Bertz CT molecular complexity index is 2820. The summed E-state index contributed by atoms with van der Waals surface area (Å²) in [6.45, 7) is 0. The quantitative estimate of drug-likeness (QED) is 0.188. The van der Waals surface area contributed by atoms with E-state index < -0.39 is 0 Å². The number of para-hydroxylation sites is 2. The SMILES string of the molecule is c1ccc(-c2nc(-c3cccc4c3oc3ccccc34)nc(-c3cccc4sc5cc6ccc7ccccc7c6cc5c34)n2)cc1. The molecule has 10 rings (SSSR count). The molecule has 3 aromatic heterocycles. The summed E-state index contributed by atoms with van der Waals surface area (Å²) >= 11 is 1.81. The molecule has 0 saturated heterocycles. The normalized spacial score (nSPS) is 11.9. The highest BCUT2D eigenvalue weighted by molar-refractivity contribution is 7.26. The van der Waals surface area contributed by atoms with Crippen LogP contribution in [-0.2, 0) is 0 Å². The number of furan rings is 1. The molecule has 0 aliphatic heterocycles. The molecule has 0 unspecified atom stereocenters. The van der Waals surface area contributed by atoms with Crippen LogP contribution in [0.1, 0.15) is 0 Å². The Morgan fingerprint density at radius 3 is 2.04 bits per heavy atom. The molecule has 0 radical (unpaired) electrons. The molecule has 0 amide bonds. The molecule has 0 fully saturated rings. The zero-order valence-electron chi connectivity index (χ0n) is 24.4. The minimum absolute atomic E-state index is 0.585. The molecular formula is C41H23N3OS. The highest BCUT2D eigenvalue weighted by Gasteiger charge is 2.20. The fourth-order valence-electron chi connectivity index (χ4n) is 6.77. The van der Waals surface area contributed by atoms with Gasteiger partial charge in [0.15, 0.2) is 17.5 Å². The number of hydrogen-bond donors (Lipinski definition) is 0. The van der Waals surface area contributed by atoms with Gasteiger partial charge in [-0.25, -0.2) is 15.0 Å². The number of hydrogen-bond acceptors (Lipinski definition) is 5. The molecule has 0 spiro atoms. The standard InChI is InChI=1S/C41H23N3OS/c1-2-11-25(12-3-1)39-42-40(44-41(43-39)31-17-8-15-29-28-14-6-7-18-34(28)45-38(29)31)30-16-9-19-35-37(30)33-23-32-26(22-36(33)46-35)21-20-24-10-4-5-13-27(24)32/h1-23H. The van der Waals surface area contributed by atoms with E-state index in [0.717, 1.165) is 44.0 Å². The van der Waals surface area contributed by atoms with Crippen molar-refractivity contribution in [2.45, 2.75) is 0 Å². The van der Waals surface area contributed by atoms with Gasteiger partial charge in [0.1, 0.15) is 11.2 Å². The van der Waals surface area contributed by atoms with Crippen LogP contribution in [-0.4, -0.2) is 15.0 Å². The number of rotatable bonds is 3. The first kappa shape index (κ1) is 25.4. The van der Waals surface area contributed by atoms with Crippen molar-refractivity contribution in [2.75, 3.05) is 0 Å². The molecule has 0 aliphatic rings. The molecule has 0 aliphatic carbocycles. The number of benzene rings is 7. The third-order valence-corrected chi connectivity index (χ3v) is 10.0. The van der Waals surface area contributed by atoms with Crippen molar-refractivity contribution >= 4 is 75.0 Å². The van der Waals surface area contributed by atoms with Crippen LogP contribution in [0.5, 0.6) is 0 Å². The number of fused-ring (bicyclic) bond motifs is 9. The zero-order valence-corrected chi connectivity index (χ0v) is 25.3. The lowest BCUT2D eigenvalue weighted by Gasteiger charge is -2.10. The molecule has 10 aromatic rings. The maximum absolute atomic E-state index is 6.42. The Labute approximate surface area is 267 Å². The van der Waals surface area contributed by atoms with Crippen molar-refractivity contribution in [3.8, 4) is 34.2 Å². The van der Waals surface area contributed by atoms with Crippen LogP contribution in [0.25, 0.3) is 97.8 Å². The molecule has 0 saturated carbocycles. The second-order valence-corrected chi connectivity index (χ2v) is 12.7. The maximum Gasteiger partial charge on any atom is 0.167 e. The van der Waals surface area contributed by atoms with E-state index in [1.807, 2.05) is 72.0 Å². The molecule has 4 nitrogen and oxygen atoms in total. The number of thiophene rings is 1. The van der Waals surface area contributed by atoms with Gasteiger partial charge in [-0.3, -0.25) is 0 Å². The molecule has 3 heterocycles. The summed E-state index contributed by atoms with van der Waals surface area (Å²) in [5.74, 6) is 1.85. The topological polar surface area (TPSA) is 51.8 Å². The van der Waals surface area contributed by atoms with Crippen LogP contribution in [0.15, 0.2) is 144 Å². The summed E-state index contributed by atoms with van der Waals surface area (Å²) in [7, 11) is 0. The predicted octanol–water partition coefficient (Wildman–Crippen LogP) is 11.4. The molecule has 7 aromatic carbocycles. The monoisotopic (exact) mass is 605 g/mol. The number of aromatic nitrogens is 3. The lowest BCUT2D eigenvalue weighted by Crippen LogP contribution is -2.00. The van der Waals surface area contributed by atoms with Crippen LogP contribution < -0.4 is 0 Å². The Kier molecular flexibility index (Phi) is 5.41. The van der Waals surface area contributed by atoms with Crippen molar-refractivity contribution in [1.29, 1.82) is 0 Å². The van der Waals surface area contributed by atoms with Gasteiger partial charge >= 0.3 is 0 Å². The van der Waals surface area contributed by atoms with Gasteiger partial charge in [0.2, 0.25) is 0 Å². The minimum atomic E-state index is 0.585. The fraction of sp³-hybridized carbons (Fsp3) is 0. The van der Waals surface area contributed by atoms with Crippen molar-refractivity contribution in [2.24, 2.45) is 0 Å². The first-order chi connectivity index (χ1) is 22.8. The van der Waals surface area contributed by atoms with Crippen molar-refractivity contribution in [3.63, 3.8) is 0 Å². The second kappa shape index (κ2) is 9.80. The highest BCUT2D eigenvalue weighted by Crippen LogP contribution is 2.43. The number of nitrogens with zero attached hydrogens (tertiary/aromatic N) is 3. The van der Waals surface area contributed by atoms with E-state index in [1.165, 1.54) is 36.3 Å². The Morgan fingerprint density at radius 2 is 1.13 bits per heavy atom. The third kappa shape index (κ3) is 3.82. The Balaban J connectivity index is 1.27. The van der Waals surface area contributed by atoms with Gasteiger partial charge in [0.05, 0.1) is 5.56 Å². The van der Waals surface area contributed by atoms with Crippen LogP contribution >= 0.6 is 11.3 Å². The van der Waals surface area contributed by atoms with Gasteiger partial charge in [-0.05, 0) is 51.9 Å². The van der Waals surface area contributed by atoms with Crippen molar-refractivity contribution < 1.29 is 4.42 Å². The second-order valence-electron chi connectivity index (χ2n) is 11.6. The van der Waals surface area contributed by atoms with Gasteiger partial charge in [-0.2, -0.15) is 0 Å². The van der Waals surface area contributed by atoms with Gasteiger partial charge in [0.25, 0.3) is 0 Å². The van der Waals surface area contributed by atoms with Crippen LogP contribution in [0.2, 0.25) is 0 Å². The molecule has 0 atom stereocenters. The van der Waals surface area contributed by atoms with E-state index in [1.54, 1.807) is 0 Å². The molecule has 0 bridgehead atoms. The maximum atomic E-state index is 6.42. The van der Waals surface area contributed by atoms with Crippen molar-refractivity contribution in [1.82, 2.24) is 15.0 Å². The molecule has 46 heavy (non-hydrogen) atoms. The Hall–Kier alpha value is -5.91. The van der Waals surface area contributed by atoms with Crippen LogP contribution in [0, 0.1) is 0 Å². The lowest BCUT2D eigenvalue weighted by molar-refractivity contribution is 0.669. The summed E-state index contributed by atoms with van der Waals surface area (Å²) in [4.78, 5) is 15.4. The average Bonchev–Trinajstić information content (AvgIpc) is 3.69. The molecule has 0 N–H and O–H groups in total. The van der Waals surface area contributed by atoms with Crippen molar-refractivity contribution in [3.05, 3.63) is 140 Å². The van der Waals surface area contributed by atoms with E-state index >= 15 is 0 Å². The summed E-state index contributed by atoms with van der Waals surface area (Å²) in [5, 5.41) is 9.48. The van der Waals surface area contributed by atoms with Gasteiger partial charge in [-0.15, -0.1) is 11.3 Å². The van der Waals surface area contributed by atoms with E-state index in [2.05, 4.69) is 78.9 Å². The smallest absolute Gasteiger partial charge is 0.167 e. The van der Waals surface area contributed by atoms with Crippen LogP contribution in [0.4, 0.5) is 0 Å². The summed E-state index contributed by atoms with van der Waals surface area (Å²) < 4.78 is 8.87. The van der Waals surface area contributed by atoms with E-state index in [4.69, 9.17) is 19.4 Å². The average molecular weight is 606 g/mol. The van der Waals surface area contributed by atoms with Gasteiger partial charge in [0, 0.05) is 42.1 Å². The first-order valence-corrected chi connectivity index (χ1v) is 16.1. The highest BCUT2D eigenvalue weighted by atomic mass is 32.1. The van der Waals surface area contributed by atoms with Gasteiger partial charge < -0.3 is 4.42 Å². The van der Waals surface area contributed by atoms with Crippen LogP contribution in [0.3, 0.4) is 0 Å². The summed E-state index contributed by atoms with van der Waals surface area (Å²) in [6, 6.07) is 48.6. The van der Waals surface area contributed by atoms with Gasteiger partial charge in [-0.1, -0.05) is 109 Å². The fourth-order valence-corrected chi connectivity index (χ4v) is 7.93. The lowest BCUT2D eigenvalue weighted by atomic mass is 9.98. The van der Waals surface area contributed by atoms with E-state index in [9.17, 15) is 0 Å². The van der Waals surface area contributed by atoms with E-state index in [0.29, 0.717) is 17.5 Å².